The highest BCUT2D eigenvalue weighted by Crippen LogP contribution is 2.49. The minimum atomic E-state index is 1.09. The van der Waals surface area contributed by atoms with Crippen LogP contribution in [0.25, 0.3) is 86.9 Å². The van der Waals surface area contributed by atoms with E-state index in [1.54, 1.807) is 0 Å². The molecule has 13 aromatic rings. The van der Waals surface area contributed by atoms with Crippen molar-refractivity contribution in [1.29, 1.82) is 0 Å². The maximum atomic E-state index is 2.43. The van der Waals surface area contributed by atoms with E-state index in [0.29, 0.717) is 0 Å². The molecule has 0 unspecified atom stereocenters. The van der Waals surface area contributed by atoms with Crippen molar-refractivity contribution < 1.29 is 0 Å². The molecule has 0 atom stereocenters. The molecule has 68 heavy (non-hydrogen) atoms. The molecule has 0 N–H and O–H groups in total. The zero-order valence-electron chi connectivity index (χ0n) is 37.3. The summed E-state index contributed by atoms with van der Waals surface area (Å²) in [5, 5.41) is 14.7. The molecule has 0 radical (unpaired) electrons. The second-order valence-electron chi connectivity index (χ2n) is 17.7. The Bertz CT molecular complexity index is 3670. The Balaban J connectivity index is 1.15. The largest absolute Gasteiger partial charge is 0.310 e. The molecule has 318 valence electrons. The smallest absolute Gasteiger partial charge is 0.0468 e. The maximum Gasteiger partial charge on any atom is 0.0468 e. The minimum Gasteiger partial charge on any atom is -0.310 e. The summed E-state index contributed by atoms with van der Waals surface area (Å²) in [6, 6.07) is 97.8. The fraction of sp³-hybridized carbons (Fsp3) is 0. The average molecular weight is 865 g/mol. The molecule has 0 amide bonds. The number of nitrogens with zero attached hydrogens (tertiary/aromatic N) is 2. The molecule has 0 spiro atoms. The molecule has 13 rings (SSSR count). The molecular formula is C66H44N2. The van der Waals surface area contributed by atoms with Crippen LogP contribution in [-0.4, -0.2) is 0 Å². The standard InChI is InChI=1S/C66H44N2/c1-5-19-51(20-6-1)67(52-21-7-2-8-22-52)55-35-39-61-63(43-55)65(49-33-37-59-47(41-49)31-29-45-17-13-15-27-57(45)59)62-40-36-56(68(53-23-9-3-10-24-53)54-25-11-4-12-26-54)44-64(62)66(61)50-34-38-60-48(42-50)32-30-46-18-14-16-28-58(46)60/h1-44H. The van der Waals surface area contributed by atoms with Crippen LogP contribution in [0.2, 0.25) is 0 Å². The molecule has 0 bridgehead atoms. The Hall–Kier alpha value is -8.98. The van der Waals surface area contributed by atoms with Crippen molar-refractivity contribution in [3.05, 3.63) is 267 Å². The summed E-state index contributed by atoms with van der Waals surface area (Å²) < 4.78 is 0. The van der Waals surface area contributed by atoms with Crippen LogP contribution in [0, 0.1) is 0 Å². The van der Waals surface area contributed by atoms with Gasteiger partial charge in [-0.2, -0.15) is 0 Å². The summed E-state index contributed by atoms with van der Waals surface area (Å²) in [5.74, 6) is 0. The third kappa shape index (κ3) is 6.73. The second kappa shape index (κ2) is 16.5. The van der Waals surface area contributed by atoms with Gasteiger partial charge in [0.1, 0.15) is 0 Å². The summed E-state index contributed by atoms with van der Waals surface area (Å²) in [6.45, 7) is 0. The monoisotopic (exact) mass is 864 g/mol. The second-order valence-corrected chi connectivity index (χ2v) is 17.7. The van der Waals surface area contributed by atoms with Gasteiger partial charge in [0, 0.05) is 34.1 Å². The van der Waals surface area contributed by atoms with Crippen LogP contribution in [0.15, 0.2) is 267 Å². The van der Waals surface area contributed by atoms with E-state index >= 15 is 0 Å². The van der Waals surface area contributed by atoms with E-state index in [4.69, 9.17) is 0 Å². The third-order valence-electron chi connectivity index (χ3n) is 13.7. The van der Waals surface area contributed by atoms with Crippen molar-refractivity contribution >= 4 is 98.8 Å². The van der Waals surface area contributed by atoms with Gasteiger partial charge in [-0.15, -0.1) is 0 Å². The maximum absolute atomic E-state index is 2.43. The SMILES string of the molecule is c1ccc(N(c2ccccc2)c2ccc3c(-c4ccc5c(ccc6ccccc65)c4)c4cc(N(c5ccccc5)c5ccccc5)ccc4c(-c4ccc5c(ccc6ccccc65)c4)c3c2)cc1. The van der Waals surface area contributed by atoms with Crippen molar-refractivity contribution in [3.8, 4) is 22.3 Å². The molecule has 0 heterocycles. The number of benzene rings is 13. The number of para-hydroxylation sites is 4. The number of anilines is 6. The lowest BCUT2D eigenvalue weighted by Gasteiger charge is -2.28. The van der Waals surface area contributed by atoms with Crippen LogP contribution in [0.1, 0.15) is 0 Å². The number of rotatable bonds is 8. The summed E-state index contributed by atoms with van der Waals surface area (Å²) in [7, 11) is 0. The lowest BCUT2D eigenvalue weighted by Crippen LogP contribution is -2.10. The molecule has 0 fully saturated rings. The third-order valence-corrected chi connectivity index (χ3v) is 13.7. The van der Waals surface area contributed by atoms with Crippen molar-refractivity contribution in [2.24, 2.45) is 0 Å². The van der Waals surface area contributed by atoms with E-state index in [1.165, 1.54) is 86.9 Å². The molecule has 0 aliphatic carbocycles. The van der Waals surface area contributed by atoms with E-state index in [-0.39, 0.29) is 0 Å². The Morgan fingerprint density at radius 2 is 0.485 bits per heavy atom. The summed E-state index contributed by atoms with van der Waals surface area (Å²) >= 11 is 0. The number of hydrogen-bond donors (Lipinski definition) is 0. The molecule has 2 nitrogen and oxygen atoms in total. The van der Waals surface area contributed by atoms with Gasteiger partial charge in [0.25, 0.3) is 0 Å². The first-order chi connectivity index (χ1) is 33.7. The van der Waals surface area contributed by atoms with Crippen molar-refractivity contribution in [1.82, 2.24) is 0 Å². The highest BCUT2D eigenvalue weighted by atomic mass is 15.1. The van der Waals surface area contributed by atoms with Gasteiger partial charge < -0.3 is 9.80 Å². The van der Waals surface area contributed by atoms with E-state index in [0.717, 1.165) is 34.1 Å². The first-order valence-electron chi connectivity index (χ1n) is 23.4. The molecule has 13 aromatic carbocycles. The number of fused-ring (bicyclic) bond motifs is 8. The fourth-order valence-corrected chi connectivity index (χ4v) is 10.6. The van der Waals surface area contributed by atoms with Crippen LogP contribution in [-0.2, 0) is 0 Å². The molecule has 0 aliphatic heterocycles. The highest BCUT2D eigenvalue weighted by molar-refractivity contribution is 6.24. The van der Waals surface area contributed by atoms with Gasteiger partial charge in [0.05, 0.1) is 0 Å². The average Bonchev–Trinajstić information content (AvgIpc) is 3.41. The van der Waals surface area contributed by atoms with E-state index in [9.17, 15) is 0 Å². The Morgan fingerprint density at radius 1 is 0.176 bits per heavy atom. The zero-order valence-corrected chi connectivity index (χ0v) is 37.3. The Morgan fingerprint density at radius 3 is 0.868 bits per heavy atom. The van der Waals surface area contributed by atoms with Gasteiger partial charge in [-0.25, -0.2) is 0 Å². The summed E-state index contributed by atoms with van der Waals surface area (Å²) in [6.07, 6.45) is 0. The predicted molar refractivity (Wildman–Crippen MR) is 292 cm³/mol. The van der Waals surface area contributed by atoms with Gasteiger partial charge in [0.15, 0.2) is 0 Å². The lowest BCUT2D eigenvalue weighted by molar-refractivity contribution is 1.29. The van der Waals surface area contributed by atoms with Gasteiger partial charge >= 0.3 is 0 Å². The minimum absolute atomic E-state index is 1.09. The van der Waals surface area contributed by atoms with Gasteiger partial charge in [-0.1, -0.05) is 182 Å². The van der Waals surface area contributed by atoms with Gasteiger partial charge in [0.2, 0.25) is 0 Å². The van der Waals surface area contributed by atoms with Crippen LogP contribution in [0.3, 0.4) is 0 Å². The predicted octanol–water partition coefficient (Wildman–Crippen LogP) is 18.9. The van der Waals surface area contributed by atoms with Gasteiger partial charge in [-0.3, -0.25) is 0 Å². The van der Waals surface area contributed by atoms with E-state index in [2.05, 4.69) is 277 Å². The summed E-state index contributed by atoms with van der Waals surface area (Å²) in [5.41, 5.74) is 11.4. The lowest BCUT2D eigenvalue weighted by atomic mass is 9.84. The quantitative estimate of drug-likeness (QED) is 0.111. The molecule has 0 aromatic heterocycles. The molecule has 0 saturated carbocycles. The molecule has 2 heteroatoms. The van der Waals surface area contributed by atoms with Crippen molar-refractivity contribution in [2.75, 3.05) is 9.80 Å². The molecular weight excluding hydrogens is 821 g/mol. The van der Waals surface area contributed by atoms with Crippen LogP contribution in [0.4, 0.5) is 34.1 Å². The fourth-order valence-electron chi connectivity index (χ4n) is 10.6. The van der Waals surface area contributed by atoms with Crippen molar-refractivity contribution in [2.45, 2.75) is 0 Å². The number of hydrogen-bond acceptors (Lipinski definition) is 2. The summed E-state index contributed by atoms with van der Waals surface area (Å²) in [4.78, 5) is 4.75. The van der Waals surface area contributed by atoms with Gasteiger partial charge in [-0.05, 0) is 172 Å². The Labute approximate surface area is 395 Å². The Kier molecular flexibility index (Phi) is 9.54. The molecule has 0 saturated heterocycles. The normalized spacial score (nSPS) is 11.5. The topological polar surface area (TPSA) is 6.48 Å². The first-order valence-corrected chi connectivity index (χ1v) is 23.4. The zero-order chi connectivity index (χ0) is 45.0. The van der Waals surface area contributed by atoms with Crippen LogP contribution < -0.4 is 9.80 Å². The van der Waals surface area contributed by atoms with Crippen LogP contribution >= 0.6 is 0 Å². The highest BCUT2D eigenvalue weighted by Gasteiger charge is 2.23. The first kappa shape index (κ1) is 39.4. The van der Waals surface area contributed by atoms with Crippen molar-refractivity contribution in [3.63, 3.8) is 0 Å². The van der Waals surface area contributed by atoms with Crippen LogP contribution in [0.5, 0.6) is 0 Å². The van der Waals surface area contributed by atoms with E-state index in [1.807, 2.05) is 0 Å². The molecule has 0 aliphatic rings. The van der Waals surface area contributed by atoms with E-state index < -0.39 is 0 Å².